The Morgan fingerprint density at radius 3 is 3.06 bits per heavy atom. The van der Waals surface area contributed by atoms with Crippen LogP contribution in [0.4, 0.5) is 0 Å². The van der Waals surface area contributed by atoms with Crippen LogP contribution in [0, 0.1) is 0 Å². The number of rotatable bonds is 4. The summed E-state index contributed by atoms with van der Waals surface area (Å²) in [7, 11) is 0. The van der Waals surface area contributed by atoms with Crippen LogP contribution in [0.1, 0.15) is 19.4 Å². The second kappa shape index (κ2) is 5.49. The summed E-state index contributed by atoms with van der Waals surface area (Å²) < 4.78 is 7.36. The van der Waals surface area contributed by atoms with E-state index in [9.17, 15) is 4.79 Å². The van der Waals surface area contributed by atoms with E-state index in [2.05, 4.69) is 10.00 Å². The summed E-state index contributed by atoms with van der Waals surface area (Å²) in [6.45, 7) is 6.80. The minimum Gasteiger partial charge on any atom is -0.375 e. The van der Waals surface area contributed by atoms with Gasteiger partial charge in [-0.25, -0.2) is 0 Å². The lowest BCUT2D eigenvalue weighted by Gasteiger charge is -2.37. The number of hydrogen-bond acceptors (Lipinski definition) is 4. The number of carbonyl (C=O) groups is 1. The Morgan fingerprint density at radius 2 is 2.44 bits per heavy atom. The summed E-state index contributed by atoms with van der Waals surface area (Å²) >= 11 is 0. The van der Waals surface area contributed by atoms with Gasteiger partial charge in [0.1, 0.15) is 6.04 Å². The summed E-state index contributed by atoms with van der Waals surface area (Å²) in [5.74, 6) is -0.329. The molecule has 0 saturated carbocycles. The zero-order chi connectivity index (χ0) is 13.1. The molecule has 1 saturated heterocycles. The minimum atomic E-state index is -0.358. The van der Waals surface area contributed by atoms with Crippen LogP contribution in [-0.4, -0.2) is 45.9 Å². The molecule has 6 heteroatoms. The molecule has 2 heterocycles. The van der Waals surface area contributed by atoms with E-state index in [1.165, 1.54) is 0 Å². The van der Waals surface area contributed by atoms with Gasteiger partial charge in [0.25, 0.3) is 0 Å². The molecule has 0 aromatic carbocycles. The molecule has 0 aliphatic carbocycles. The molecule has 6 nitrogen and oxygen atoms in total. The van der Waals surface area contributed by atoms with Crippen molar-refractivity contribution in [1.82, 2.24) is 14.7 Å². The molecule has 0 unspecified atom stereocenters. The van der Waals surface area contributed by atoms with Gasteiger partial charge < -0.3 is 10.5 Å². The number of amides is 1. The van der Waals surface area contributed by atoms with Crippen LogP contribution in [0.25, 0.3) is 0 Å². The van der Waals surface area contributed by atoms with Gasteiger partial charge in [-0.3, -0.25) is 14.4 Å². The first-order chi connectivity index (χ1) is 8.61. The van der Waals surface area contributed by atoms with Gasteiger partial charge in [-0.1, -0.05) is 0 Å². The smallest absolute Gasteiger partial charge is 0.237 e. The standard InChI is InChI=1S/C12H20N4O2/c1-3-16-8-10(6-14-16)7-15-4-5-18-9(2)11(15)12(13)17/h6,8-9,11H,3-5,7H2,1-2H3,(H2,13,17)/t9-,11+/m1/s1. The second-order valence-corrected chi connectivity index (χ2v) is 4.60. The Morgan fingerprint density at radius 1 is 1.67 bits per heavy atom. The number of nitrogens with zero attached hydrogens (tertiary/aromatic N) is 3. The van der Waals surface area contributed by atoms with Crippen molar-refractivity contribution in [2.45, 2.75) is 39.1 Å². The molecule has 0 radical (unpaired) electrons. The third-order valence-electron chi connectivity index (χ3n) is 3.29. The molecule has 1 amide bonds. The number of morpholine rings is 1. The summed E-state index contributed by atoms with van der Waals surface area (Å²) in [4.78, 5) is 13.6. The van der Waals surface area contributed by atoms with Gasteiger partial charge in [-0.05, 0) is 13.8 Å². The highest BCUT2D eigenvalue weighted by molar-refractivity contribution is 5.80. The molecule has 0 spiro atoms. The molecule has 1 aliphatic rings. The number of aromatic nitrogens is 2. The van der Waals surface area contributed by atoms with Gasteiger partial charge in [0.2, 0.25) is 5.91 Å². The van der Waals surface area contributed by atoms with Crippen molar-refractivity contribution in [2.24, 2.45) is 5.73 Å². The van der Waals surface area contributed by atoms with Crippen molar-refractivity contribution in [1.29, 1.82) is 0 Å². The van der Waals surface area contributed by atoms with Crippen LogP contribution < -0.4 is 5.73 Å². The fourth-order valence-corrected chi connectivity index (χ4v) is 2.37. The van der Waals surface area contributed by atoms with Gasteiger partial charge in [0.05, 0.1) is 18.9 Å². The van der Waals surface area contributed by atoms with Gasteiger partial charge in [-0.2, -0.15) is 5.10 Å². The molecule has 1 aromatic rings. The highest BCUT2D eigenvalue weighted by Gasteiger charge is 2.33. The average molecular weight is 252 g/mol. The maximum Gasteiger partial charge on any atom is 0.237 e. The van der Waals surface area contributed by atoms with E-state index >= 15 is 0 Å². The highest BCUT2D eigenvalue weighted by atomic mass is 16.5. The van der Waals surface area contributed by atoms with Crippen LogP contribution in [0.3, 0.4) is 0 Å². The Labute approximate surface area is 107 Å². The molecule has 100 valence electrons. The Kier molecular flexibility index (Phi) is 3.98. The topological polar surface area (TPSA) is 73.4 Å². The van der Waals surface area contributed by atoms with Crippen molar-refractivity contribution in [3.63, 3.8) is 0 Å². The summed E-state index contributed by atoms with van der Waals surface area (Å²) in [5.41, 5.74) is 6.55. The van der Waals surface area contributed by atoms with E-state index in [4.69, 9.17) is 10.5 Å². The van der Waals surface area contributed by atoms with E-state index in [1.54, 1.807) is 0 Å². The number of ether oxygens (including phenoxy) is 1. The van der Waals surface area contributed by atoms with E-state index in [0.717, 1.165) is 18.7 Å². The minimum absolute atomic E-state index is 0.155. The van der Waals surface area contributed by atoms with E-state index in [0.29, 0.717) is 13.2 Å². The third-order valence-corrected chi connectivity index (χ3v) is 3.29. The first kappa shape index (κ1) is 13.0. The predicted molar refractivity (Wildman–Crippen MR) is 66.7 cm³/mol. The van der Waals surface area contributed by atoms with Crippen LogP contribution >= 0.6 is 0 Å². The van der Waals surface area contributed by atoms with Crippen LogP contribution in [-0.2, 0) is 22.6 Å². The molecular formula is C12H20N4O2. The van der Waals surface area contributed by atoms with Gasteiger partial charge >= 0.3 is 0 Å². The van der Waals surface area contributed by atoms with Crippen LogP contribution in [0.15, 0.2) is 12.4 Å². The van der Waals surface area contributed by atoms with Crippen molar-refractivity contribution in [3.8, 4) is 0 Å². The van der Waals surface area contributed by atoms with Crippen LogP contribution in [0.5, 0.6) is 0 Å². The number of primary amides is 1. The molecule has 18 heavy (non-hydrogen) atoms. The number of carbonyl (C=O) groups excluding carboxylic acids is 1. The normalized spacial score (nSPS) is 25.2. The highest BCUT2D eigenvalue weighted by Crippen LogP contribution is 2.16. The molecule has 1 aromatic heterocycles. The summed E-state index contributed by atoms with van der Waals surface area (Å²) in [6, 6.07) is -0.358. The fourth-order valence-electron chi connectivity index (χ4n) is 2.37. The quantitative estimate of drug-likeness (QED) is 0.817. The number of nitrogens with two attached hydrogens (primary N) is 1. The van der Waals surface area contributed by atoms with Gasteiger partial charge in [0, 0.05) is 31.4 Å². The molecule has 2 N–H and O–H groups in total. The summed E-state index contributed by atoms with van der Waals surface area (Å²) in [5, 5.41) is 4.23. The monoisotopic (exact) mass is 252 g/mol. The lowest BCUT2D eigenvalue weighted by Crippen LogP contribution is -2.56. The fraction of sp³-hybridized carbons (Fsp3) is 0.667. The van der Waals surface area contributed by atoms with E-state index in [-0.39, 0.29) is 18.1 Å². The van der Waals surface area contributed by atoms with Crippen molar-refractivity contribution < 1.29 is 9.53 Å². The van der Waals surface area contributed by atoms with Crippen molar-refractivity contribution in [3.05, 3.63) is 18.0 Å². The lowest BCUT2D eigenvalue weighted by molar-refractivity contribution is -0.136. The van der Waals surface area contributed by atoms with E-state index in [1.807, 2.05) is 30.9 Å². The molecule has 2 rings (SSSR count). The second-order valence-electron chi connectivity index (χ2n) is 4.60. The Balaban J connectivity index is 2.08. The molecule has 1 aliphatic heterocycles. The van der Waals surface area contributed by atoms with Crippen molar-refractivity contribution in [2.75, 3.05) is 13.2 Å². The average Bonchev–Trinajstić information content (AvgIpc) is 2.76. The molecular weight excluding hydrogens is 232 g/mol. The first-order valence-electron chi connectivity index (χ1n) is 6.28. The first-order valence-corrected chi connectivity index (χ1v) is 6.28. The number of aryl methyl sites for hydroxylation is 1. The number of hydrogen-bond donors (Lipinski definition) is 1. The van der Waals surface area contributed by atoms with Crippen molar-refractivity contribution >= 4 is 5.91 Å². The zero-order valence-corrected chi connectivity index (χ0v) is 10.9. The zero-order valence-electron chi connectivity index (χ0n) is 10.9. The molecule has 2 atom stereocenters. The van der Waals surface area contributed by atoms with E-state index < -0.39 is 0 Å². The lowest BCUT2D eigenvalue weighted by atomic mass is 10.1. The largest absolute Gasteiger partial charge is 0.375 e. The maximum atomic E-state index is 11.5. The van der Waals surface area contributed by atoms with Gasteiger partial charge in [0.15, 0.2) is 0 Å². The maximum absolute atomic E-state index is 11.5. The predicted octanol–water partition coefficient (Wildman–Crippen LogP) is -0.0224. The molecule has 1 fully saturated rings. The van der Waals surface area contributed by atoms with Gasteiger partial charge in [-0.15, -0.1) is 0 Å². The van der Waals surface area contributed by atoms with Crippen LogP contribution in [0.2, 0.25) is 0 Å². The third kappa shape index (κ3) is 2.70. The Bertz CT molecular complexity index is 418. The SMILES string of the molecule is CCn1cc(CN2CCO[C@H](C)[C@H]2C(N)=O)cn1. The Hall–Kier alpha value is -1.40. The summed E-state index contributed by atoms with van der Waals surface area (Å²) in [6.07, 6.45) is 3.68. The molecule has 0 bridgehead atoms.